The van der Waals surface area contributed by atoms with Gasteiger partial charge in [-0.3, -0.25) is 4.79 Å². The number of nitrogens with zero attached hydrogens (tertiary/aromatic N) is 3. The summed E-state index contributed by atoms with van der Waals surface area (Å²) in [6.45, 7) is 2.65. The highest BCUT2D eigenvalue weighted by molar-refractivity contribution is 5.92. The van der Waals surface area contributed by atoms with Crippen LogP contribution in [0.4, 0.5) is 11.5 Å². The fourth-order valence-electron chi connectivity index (χ4n) is 2.64. The third-order valence-corrected chi connectivity index (χ3v) is 4.13. The van der Waals surface area contributed by atoms with Gasteiger partial charge in [0.05, 0.1) is 0 Å². The first-order valence-corrected chi connectivity index (χ1v) is 8.63. The highest BCUT2D eigenvalue weighted by atomic mass is 16.2. The minimum Gasteiger partial charge on any atom is -0.340 e. The molecule has 0 aliphatic heterocycles. The second kappa shape index (κ2) is 8.25. The average Bonchev–Trinajstić information content (AvgIpc) is 2.69. The average molecular weight is 346 g/mol. The third kappa shape index (κ3) is 4.45. The zero-order valence-corrected chi connectivity index (χ0v) is 15.0. The lowest BCUT2D eigenvalue weighted by Gasteiger charge is -2.17. The van der Waals surface area contributed by atoms with Gasteiger partial charge in [0.2, 0.25) is 0 Å². The van der Waals surface area contributed by atoms with Gasteiger partial charge in [-0.2, -0.15) is 0 Å². The molecule has 1 amide bonds. The van der Waals surface area contributed by atoms with Crippen molar-refractivity contribution in [2.24, 2.45) is 0 Å². The fourth-order valence-corrected chi connectivity index (χ4v) is 2.64. The number of nitrogens with one attached hydrogen (secondary N) is 1. The lowest BCUT2D eigenvalue weighted by atomic mass is 10.1. The summed E-state index contributed by atoms with van der Waals surface area (Å²) in [6.07, 6.45) is 2.41. The number of aryl methyl sites for hydroxylation is 1. The molecule has 5 heteroatoms. The summed E-state index contributed by atoms with van der Waals surface area (Å²) in [4.78, 5) is 22.6. The Kier molecular flexibility index (Phi) is 5.59. The summed E-state index contributed by atoms with van der Waals surface area (Å²) in [7, 11) is 1.77. The van der Waals surface area contributed by atoms with Gasteiger partial charge in [-0.05, 0) is 29.7 Å². The second-order valence-electron chi connectivity index (χ2n) is 6.11. The Morgan fingerprint density at radius 3 is 2.42 bits per heavy atom. The van der Waals surface area contributed by atoms with Crippen molar-refractivity contribution in [1.82, 2.24) is 14.9 Å². The van der Waals surface area contributed by atoms with E-state index in [0.717, 1.165) is 17.7 Å². The van der Waals surface area contributed by atoms with E-state index in [4.69, 9.17) is 0 Å². The van der Waals surface area contributed by atoms with E-state index >= 15 is 0 Å². The topological polar surface area (TPSA) is 58.1 Å². The Morgan fingerprint density at radius 1 is 1.00 bits per heavy atom. The van der Waals surface area contributed by atoms with Gasteiger partial charge >= 0.3 is 0 Å². The van der Waals surface area contributed by atoms with Gasteiger partial charge in [-0.25, -0.2) is 9.97 Å². The van der Waals surface area contributed by atoms with Crippen molar-refractivity contribution in [3.05, 3.63) is 83.8 Å². The molecule has 0 atom stereocenters. The molecule has 0 radical (unpaired) electrons. The van der Waals surface area contributed by atoms with Gasteiger partial charge in [0.25, 0.3) is 5.91 Å². The highest BCUT2D eigenvalue weighted by Gasteiger charge is 2.14. The lowest BCUT2D eigenvalue weighted by Crippen LogP contribution is -2.27. The molecule has 2 aromatic carbocycles. The van der Waals surface area contributed by atoms with Crippen molar-refractivity contribution in [1.29, 1.82) is 0 Å². The van der Waals surface area contributed by atoms with E-state index in [-0.39, 0.29) is 5.91 Å². The van der Waals surface area contributed by atoms with Gasteiger partial charge in [0.15, 0.2) is 0 Å². The van der Waals surface area contributed by atoms with E-state index in [9.17, 15) is 4.79 Å². The van der Waals surface area contributed by atoms with Crippen molar-refractivity contribution >= 4 is 17.4 Å². The van der Waals surface area contributed by atoms with Crippen molar-refractivity contribution in [2.75, 3.05) is 12.4 Å². The molecule has 132 valence electrons. The molecular weight excluding hydrogens is 324 g/mol. The molecule has 1 aromatic heterocycles. The van der Waals surface area contributed by atoms with Crippen LogP contribution in [0.25, 0.3) is 0 Å². The van der Waals surface area contributed by atoms with Crippen LogP contribution >= 0.6 is 0 Å². The molecule has 0 saturated heterocycles. The van der Waals surface area contributed by atoms with Crippen molar-refractivity contribution in [3.8, 4) is 0 Å². The molecule has 1 heterocycles. The summed E-state index contributed by atoms with van der Waals surface area (Å²) in [5.74, 6) is 0.460. The summed E-state index contributed by atoms with van der Waals surface area (Å²) < 4.78 is 0. The lowest BCUT2D eigenvalue weighted by molar-refractivity contribution is 0.0779. The van der Waals surface area contributed by atoms with Gasteiger partial charge in [-0.15, -0.1) is 0 Å². The molecule has 0 saturated carbocycles. The van der Waals surface area contributed by atoms with E-state index in [2.05, 4.69) is 34.3 Å². The molecule has 0 aliphatic rings. The highest BCUT2D eigenvalue weighted by Crippen LogP contribution is 2.16. The quantitative estimate of drug-likeness (QED) is 0.731. The molecule has 26 heavy (non-hydrogen) atoms. The molecule has 0 spiro atoms. The number of carbonyl (C=O) groups is 1. The largest absolute Gasteiger partial charge is 0.340 e. The molecule has 0 unspecified atom stereocenters. The van der Waals surface area contributed by atoms with Crippen LogP contribution in [0.3, 0.4) is 0 Å². The molecule has 5 nitrogen and oxygen atoms in total. The second-order valence-corrected chi connectivity index (χ2v) is 6.11. The fraction of sp³-hybridized carbons (Fsp3) is 0.190. The summed E-state index contributed by atoms with van der Waals surface area (Å²) >= 11 is 0. The van der Waals surface area contributed by atoms with Crippen molar-refractivity contribution in [2.45, 2.75) is 19.9 Å². The van der Waals surface area contributed by atoms with E-state index < -0.39 is 0 Å². The molecule has 0 aliphatic carbocycles. The molecular formula is C21H22N4O. The summed E-state index contributed by atoms with van der Waals surface area (Å²) in [6, 6.07) is 19.7. The number of aromatic nitrogens is 2. The van der Waals surface area contributed by atoms with E-state index in [1.807, 2.05) is 42.5 Å². The predicted octanol–water partition coefficient (Wildman–Crippen LogP) is 4.05. The Hall–Kier alpha value is -3.21. The van der Waals surface area contributed by atoms with Crippen LogP contribution in [0.2, 0.25) is 0 Å². The Morgan fingerprint density at radius 2 is 1.73 bits per heavy atom. The van der Waals surface area contributed by atoms with Crippen molar-refractivity contribution < 1.29 is 4.79 Å². The number of anilines is 2. The van der Waals surface area contributed by atoms with Gasteiger partial charge < -0.3 is 10.2 Å². The summed E-state index contributed by atoms with van der Waals surface area (Å²) in [5.41, 5.74) is 3.64. The van der Waals surface area contributed by atoms with Crippen LogP contribution in [0.5, 0.6) is 0 Å². The number of amides is 1. The number of benzene rings is 2. The molecule has 3 aromatic rings. The predicted molar refractivity (Wildman–Crippen MR) is 103 cm³/mol. The van der Waals surface area contributed by atoms with Crippen molar-refractivity contribution in [3.63, 3.8) is 0 Å². The number of carbonyl (C=O) groups excluding carboxylic acids is 1. The SMILES string of the molecule is CCc1ccc(Nc2cc(C(=O)N(C)Cc3ccccc3)ncn2)cc1. The maximum absolute atomic E-state index is 12.6. The monoisotopic (exact) mass is 346 g/mol. The Bertz CT molecular complexity index is 863. The van der Waals surface area contributed by atoms with Crippen LogP contribution in [0, 0.1) is 0 Å². The maximum Gasteiger partial charge on any atom is 0.272 e. The van der Waals surface area contributed by atoms with Gasteiger partial charge in [-0.1, -0.05) is 49.4 Å². The molecule has 3 rings (SSSR count). The standard InChI is InChI=1S/C21H22N4O/c1-3-16-9-11-18(12-10-16)24-20-13-19(22-15-23-20)21(26)25(2)14-17-7-5-4-6-8-17/h4-13,15H,3,14H2,1-2H3,(H,22,23,24). The van der Waals surface area contributed by atoms with Crippen LogP contribution in [0.15, 0.2) is 67.0 Å². The van der Waals surface area contributed by atoms with Crippen LogP contribution in [-0.4, -0.2) is 27.8 Å². The zero-order valence-electron chi connectivity index (χ0n) is 15.0. The first kappa shape index (κ1) is 17.6. The van der Waals surface area contributed by atoms with Gasteiger partial charge in [0, 0.05) is 25.3 Å². The molecule has 1 N–H and O–H groups in total. The first-order chi connectivity index (χ1) is 12.7. The van der Waals surface area contributed by atoms with Crippen LogP contribution in [-0.2, 0) is 13.0 Å². The van der Waals surface area contributed by atoms with Crippen LogP contribution in [0.1, 0.15) is 28.5 Å². The smallest absolute Gasteiger partial charge is 0.272 e. The third-order valence-electron chi connectivity index (χ3n) is 4.13. The number of hydrogen-bond donors (Lipinski definition) is 1. The number of hydrogen-bond acceptors (Lipinski definition) is 4. The molecule has 0 bridgehead atoms. The maximum atomic E-state index is 12.6. The van der Waals surface area contributed by atoms with Gasteiger partial charge in [0.1, 0.15) is 17.8 Å². The van der Waals surface area contributed by atoms with E-state index in [1.165, 1.54) is 11.9 Å². The minimum atomic E-state index is -0.138. The Labute approximate surface area is 153 Å². The first-order valence-electron chi connectivity index (χ1n) is 8.63. The van der Waals surface area contributed by atoms with Crippen LogP contribution < -0.4 is 5.32 Å². The normalized spacial score (nSPS) is 10.4. The number of rotatable bonds is 6. The zero-order chi connectivity index (χ0) is 18.4. The summed E-state index contributed by atoms with van der Waals surface area (Å²) in [5, 5.41) is 3.22. The molecule has 0 fully saturated rings. The van der Waals surface area contributed by atoms with E-state index in [0.29, 0.717) is 18.1 Å². The Balaban J connectivity index is 1.70. The minimum absolute atomic E-state index is 0.138. The van der Waals surface area contributed by atoms with E-state index in [1.54, 1.807) is 18.0 Å².